The van der Waals surface area contributed by atoms with Crippen molar-refractivity contribution in [2.24, 2.45) is 0 Å². The van der Waals surface area contributed by atoms with Gasteiger partial charge in [0.05, 0.1) is 17.9 Å². The van der Waals surface area contributed by atoms with Crippen LogP contribution in [0.3, 0.4) is 0 Å². The fourth-order valence-electron chi connectivity index (χ4n) is 3.05. The average molecular weight is 305 g/mol. The third kappa shape index (κ3) is 2.68. The first-order valence-corrected chi connectivity index (χ1v) is 7.87. The molecule has 23 heavy (non-hydrogen) atoms. The van der Waals surface area contributed by atoms with Crippen LogP contribution in [0, 0.1) is 0 Å². The summed E-state index contributed by atoms with van der Waals surface area (Å²) in [4.78, 5) is 4.65. The molecule has 0 amide bonds. The molecule has 0 spiro atoms. The van der Waals surface area contributed by atoms with Gasteiger partial charge in [0.2, 0.25) is 0 Å². The summed E-state index contributed by atoms with van der Waals surface area (Å²) in [6.45, 7) is 2.73. The minimum Gasteiger partial charge on any atom is -0.371 e. The quantitative estimate of drug-likeness (QED) is 0.737. The highest BCUT2D eigenvalue weighted by Crippen LogP contribution is 2.33. The van der Waals surface area contributed by atoms with E-state index in [0.717, 1.165) is 36.7 Å². The van der Waals surface area contributed by atoms with Crippen LogP contribution < -0.4 is 9.80 Å². The monoisotopic (exact) mass is 305 g/mol. The molecule has 4 nitrogen and oxygen atoms in total. The van der Waals surface area contributed by atoms with E-state index in [0.29, 0.717) is 0 Å². The molecule has 0 bridgehead atoms. The summed E-state index contributed by atoms with van der Waals surface area (Å²) in [5.74, 6) is 0.892. The van der Waals surface area contributed by atoms with Crippen molar-refractivity contribution in [1.82, 2.24) is 5.16 Å². The summed E-state index contributed by atoms with van der Waals surface area (Å²) in [6, 6.07) is 20.7. The second-order valence-corrected chi connectivity index (χ2v) is 5.88. The van der Waals surface area contributed by atoms with Crippen molar-refractivity contribution in [1.29, 1.82) is 0 Å². The lowest BCUT2D eigenvalue weighted by atomic mass is 10.1. The molecule has 4 rings (SSSR count). The van der Waals surface area contributed by atoms with Gasteiger partial charge in [-0.05, 0) is 12.1 Å². The lowest BCUT2D eigenvalue weighted by Crippen LogP contribution is -2.38. The average Bonchev–Trinajstić information content (AvgIpc) is 3.07. The number of hydrogen-bond donors (Lipinski definition) is 0. The largest absolute Gasteiger partial charge is 0.371 e. The predicted molar refractivity (Wildman–Crippen MR) is 92.7 cm³/mol. The number of rotatable bonds is 3. The Labute approximate surface area is 135 Å². The summed E-state index contributed by atoms with van der Waals surface area (Å²) in [5, 5.41) is 4.21. The molecule has 2 heterocycles. The molecule has 0 fully saturated rings. The summed E-state index contributed by atoms with van der Waals surface area (Å²) < 4.78 is 5.56. The highest BCUT2D eigenvalue weighted by molar-refractivity contribution is 5.73. The third-order valence-corrected chi connectivity index (χ3v) is 4.31. The molecule has 4 heteroatoms. The van der Waals surface area contributed by atoms with Gasteiger partial charge in [0.1, 0.15) is 5.69 Å². The van der Waals surface area contributed by atoms with E-state index in [1.54, 1.807) is 0 Å². The van der Waals surface area contributed by atoms with Crippen molar-refractivity contribution in [3.05, 3.63) is 66.4 Å². The molecule has 0 N–H and O–H groups in total. The second kappa shape index (κ2) is 5.80. The topological polar surface area (TPSA) is 32.5 Å². The Kier molecular flexibility index (Phi) is 3.50. The van der Waals surface area contributed by atoms with Gasteiger partial charge in [0.25, 0.3) is 0 Å². The van der Waals surface area contributed by atoms with Crippen molar-refractivity contribution < 1.29 is 4.52 Å². The number of aromatic nitrogens is 1. The predicted octanol–water partition coefficient (Wildman–Crippen LogP) is 3.80. The highest BCUT2D eigenvalue weighted by atomic mass is 16.5. The number of benzene rings is 2. The van der Waals surface area contributed by atoms with E-state index < -0.39 is 0 Å². The summed E-state index contributed by atoms with van der Waals surface area (Å²) in [5.41, 5.74) is 4.49. The molecule has 3 aromatic rings. The van der Waals surface area contributed by atoms with Gasteiger partial charge >= 0.3 is 0 Å². The summed E-state index contributed by atoms with van der Waals surface area (Å²) in [6.07, 6.45) is 0. The van der Waals surface area contributed by atoms with Gasteiger partial charge in [-0.3, -0.25) is 0 Å². The van der Waals surface area contributed by atoms with Gasteiger partial charge in [-0.1, -0.05) is 47.6 Å². The van der Waals surface area contributed by atoms with Crippen LogP contribution in [-0.2, 0) is 6.54 Å². The second-order valence-electron chi connectivity index (χ2n) is 5.88. The van der Waals surface area contributed by atoms with Gasteiger partial charge in [-0.25, -0.2) is 0 Å². The zero-order valence-electron chi connectivity index (χ0n) is 13.1. The highest BCUT2D eigenvalue weighted by Gasteiger charge is 2.21. The number of nitrogens with zero attached hydrogens (tertiary/aromatic N) is 3. The van der Waals surface area contributed by atoms with Crippen LogP contribution in [0.25, 0.3) is 11.3 Å². The number of likely N-dealkylation sites (N-methyl/N-ethyl adjacent to an activating group) is 1. The van der Waals surface area contributed by atoms with Gasteiger partial charge < -0.3 is 14.3 Å². The molecule has 0 saturated carbocycles. The summed E-state index contributed by atoms with van der Waals surface area (Å²) in [7, 11) is 2.14. The van der Waals surface area contributed by atoms with Crippen LogP contribution in [0.4, 0.5) is 11.4 Å². The SMILES string of the molecule is CN1CCN(Cc2cc(-c3ccccc3)no2)c2ccccc21. The number of hydrogen-bond acceptors (Lipinski definition) is 4. The molecule has 116 valence electrons. The molecule has 1 aliphatic heterocycles. The van der Waals surface area contributed by atoms with E-state index in [4.69, 9.17) is 4.52 Å². The van der Waals surface area contributed by atoms with Crippen LogP contribution in [0.1, 0.15) is 5.76 Å². The van der Waals surface area contributed by atoms with Crippen molar-refractivity contribution in [2.75, 3.05) is 29.9 Å². The lowest BCUT2D eigenvalue weighted by Gasteiger charge is -2.36. The Bertz CT molecular complexity index is 797. The molecule has 0 saturated heterocycles. The third-order valence-electron chi connectivity index (χ3n) is 4.31. The van der Waals surface area contributed by atoms with Crippen molar-refractivity contribution >= 4 is 11.4 Å². The van der Waals surface area contributed by atoms with Gasteiger partial charge in [0.15, 0.2) is 5.76 Å². The van der Waals surface area contributed by atoms with E-state index in [1.165, 1.54) is 11.4 Å². The smallest absolute Gasteiger partial charge is 0.156 e. The molecule has 1 aromatic heterocycles. The van der Waals surface area contributed by atoms with Crippen LogP contribution in [-0.4, -0.2) is 25.3 Å². The van der Waals surface area contributed by atoms with Crippen LogP contribution >= 0.6 is 0 Å². The van der Waals surface area contributed by atoms with E-state index in [2.05, 4.69) is 46.3 Å². The number of anilines is 2. The zero-order valence-corrected chi connectivity index (χ0v) is 13.1. The fraction of sp³-hybridized carbons (Fsp3) is 0.211. The number of fused-ring (bicyclic) bond motifs is 1. The first kappa shape index (κ1) is 13.9. The Balaban J connectivity index is 1.58. The van der Waals surface area contributed by atoms with Gasteiger partial charge in [0, 0.05) is 31.8 Å². The molecule has 0 radical (unpaired) electrons. The van der Waals surface area contributed by atoms with E-state index in [9.17, 15) is 0 Å². The Hall–Kier alpha value is -2.75. The Morgan fingerprint density at radius 2 is 1.70 bits per heavy atom. The Morgan fingerprint density at radius 1 is 0.957 bits per heavy atom. The maximum atomic E-state index is 5.56. The fourth-order valence-corrected chi connectivity index (χ4v) is 3.05. The zero-order chi connectivity index (χ0) is 15.6. The van der Waals surface area contributed by atoms with E-state index in [1.807, 2.05) is 36.4 Å². The van der Waals surface area contributed by atoms with E-state index >= 15 is 0 Å². The molecule has 1 aliphatic rings. The molecule has 0 atom stereocenters. The normalized spacial score (nSPS) is 14.0. The van der Waals surface area contributed by atoms with Gasteiger partial charge in [-0.15, -0.1) is 0 Å². The molecular formula is C19H19N3O. The molecule has 0 unspecified atom stereocenters. The standard InChI is InChI=1S/C19H19N3O/c1-21-11-12-22(19-10-6-5-9-18(19)21)14-16-13-17(20-23-16)15-7-3-2-4-8-15/h2-10,13H,11-12,14H2,1H3. The van der Waals surface area contributed by atoms with Crippen molar-refractivity contribution in [3.63, 3.8) is 0 Å². The lowest BCUT2D eigenvalue weighted by molar-refractivity contribution is 0.382. The van der Waals surface area contributed by atoms with Gasteiger partial charge in [-0.2, -0.15) is 0 Å². The molecule has 2 aromatic carbocycles. The summed E-state index contributed by atoms with van der Waals surface area (Å²) >= 11 is 0. The maximum absolute atomic E-state index is 5.56. The Morgan fingerprint density at radius 3 is 2.52 bits per heavy atom. The molecule has 0 aliphatic carbocycles. The van der Waals surface area contributed by atoms with Crippen molar-refractivity contribution in [2.45, 2.75) is 6.54 Å². The first-order valence-electron chi connectivity index (χ1n) is 7.87. The molecular weight excluding hydrogens is 286 g/mol. The van der Waals surface area contributed by atoms with E-state index in [-0.39, 0.29) is 0 Å². The number of para-hydroxylation sites is 2. The van der Waals surface area contributed by atoms with Crippen LogP contribution in [0.15, 0.2) is 65.2 Å². The van der Waals surface area contributed by atoms with Crippen molar-refractivity contribution in [3.8, 4) is 11.3 Å². The van der Waals surface area contributed by atoms with Crippen LogP contribution in [0.2, 0.25) is 0 Å². The maximum Gasteiger partial charge on any atom is 0.156 e. The minimum atomic E-state index is 0.741. The first-order chi connectivity index (χ1) is 11.3. The van der Waals surface area contributed by atoms with Crippen LogP contribution in [0.5, 0.6) is 0 Å². The minimum absolute atomic E-state index is 0.741.